The highest BCUT2D eigenvalue weighted by Gasteiger charge is 2.24. The van der Waals surface area contributed by atoms with Gasteiger partial charge in [-0.25, -0.2) is 4.79 Å². The van der Waals surface area contributed by atoms with Crippen LogP contribution in [-0.4, -0.2) is 30.6 Å². The highest BCUT2D eigenvalue weighted by atomic mass is 16.5. The maximum atomic E-state index is 12.7. The predicted octanol–water partition coefficient (Wildman–Crippen LogP) is 3.71. The molecule has 0 radical (unpaired) electrons. The summed E-state index contributed by atoms with van der Waals surface area (Å²) in [5, 5.41) is 2.85. The van der Waals surface area contributed by atoms with Crippen LogP contribution < -0.4 is 10.1 Å². The summed E-state index contributed by atoms with van der Waals surface area (Å²) in [6, 6.07) is 7.27. The number of H-pyrrole nitrogens is 1. The Hall–Kier alpha value is -2.76. The fourth-order valence-electron chi connectivity index (χ4n) is 2.62. The Morgan fingerprint density at radius 2 is 1.92 bits per heavy atom. The van der Waals surface area contributed by atoms with Crippen molar-refractivity contribution in [3.8, 4) is 5.75 Å². The zero-order valence-corrected chi connectivity index (χ0v) is 15.1. The van der Waals surface area contributed by atoms with Gasteiger partial charge in [-0.05, 0) is 37.5 Å². The number of hydrogen-bond donors (Lipinski definition) is 2. The third-order valence-electron chi connectivity index (χ3n) is 3.89. The number of aromatic amines is 1. The maximum Gasteiger partial charge on any atom is 0.339 e. The van der Waals surface area contributed by atoms with Crippen LogP contribution in [0.2, 0.25) is 0 Å². The summed E-state index contributed by atoms with van der Waals surface area (Å²) in [4.78, 5) is 27.7. The highest BCUT2D eigenvalue weighted by molar-refractivity contribution is 6.07. The summed E-state index contributed by atoms with van der Waals surface area (Å²) < 4.78 is 10.5. The lowest BCUT2D eigenvalue weighted by Gasteiger charge is -2.11. The Labute approximate surface area is 147 Å². The molecule has 0 unspecified atom stereocenters. The number of aryl methyl sites for hydroxylation is 1. The summed E-state index contributed by atoms with van der Waals surface area (Å²) in [6.07, 6.45) is 1.47. The smallest absolute Gasteiger partial charge is 0.339 e. The predicted molar refractivity (Wildman–Crippen MR) is 96.4 cm³/mol. The van der Waals surface area contributed by atoms with Crippen molar-refractivity contribution in [1.82, 2.24) is 4.98 Å². The molecule has 25 heavy (non-hydrogen) atoms. The average Bonchev–Trinajstić information content (AvgIpc) is 2.96. The SMILES string of the molecule is CCCOc1ccccc1NC(=O)c1[nH]c(CC)c(C(=O)OC)c1C. The minimum absolute atomic E-state index is 0.324. The van der Waals surface area contributed by atoms with Gasteiger partial charge in [0.1, 0.15) is 11.4 Å². The summed E-state index contributed by atoms with van der Waals surface area (Å²) in [5.74, 6) is -0.156. The molecule has 1 amide bonds. The average molecular weight is 344 g/mol. The molecular weight excluding hydrogens is 320 g/mol. The van der Waals surface area contributed by atoms with E-state index in [0.717, 1.165) is 6.42 Å². The van der Waals surface area contributed by atoms with E-state index in [2.05, 4.69) is 10.3 Å². The summed E-state index contributed by atoms with van der Waals surface area (Å²) in [7, 11) is 1.33. The molecule has 0 bridgehead atoms. The number of nitrogens with one attached hydrogen (secondary N) is 2. The van der Waals surface area contributed by atoms with E-state index >= 15 is 0 Å². The van der Waals surface area contributed by atoms with Crippen molar-refractivity contribution in [2.24, 2.45) is 0 Å². The van der Waals surface area contributed by atoms with Crippen LogP contribution in [-0.2, 0) is 11.2 Å². The zero-order chi connectivity index (χ0) is 18.4. The molecule has 0 aliphatic carbocycles. The van der Waals surface area contributed by atoms with Gasteiger partial charge in [-0.1, -0.05) is 26.0 Å². The lowest BCUT2D eigenvalue weighted by molar-refractivity contribution is 0.0599. The molecule has 1 heterocycles. The third-order valence-corrected chi connectivity index (χ3v) is 3.89. The number of ether oxygens (including phenoxy) is 2. The minimum atomic E-state index is -0.448. The van der Waals surface area contributed by atoms with Gasteiger partial charge in [0.2, 0.25) is 0 Å². The van der Waals surface area contributed by atoms with Gasteiger partial charge < -0.3 is 19.8 Å². The number of carbonyl (C=O) groups excluding carboxylic acids is 2. The number of esters is 1. The van der Waals surface area contributed by atoms with Gasteiger partial charge in [0.05, 0.1) is 25.0 Å². The summed E-state index contributed by atoms with van der Waals surface area (Å²) in [5.41, 5.74) is 2.62. The van der Waals surface area contributed by atoms with Crippen molar-refractivity contribution in [1.29, 1.82) is 0 Å². The molecule has 1 aromatic heterocycles. The quantitative estimate of drug-likeness (QED) is 0.750. The second-order valence-electron chi connectivity index (χ2n) is 5.62. The molecule has 0 saturated heterocycles. The maximum absolute atomic E-state index is 12.7. The van der Waals surface area contributed by atoms with Gasteiger partial charge in [0.15, 0.2) is 0 Å². The molecule has 0 atom stereocenters. The first-order chi connectivity index (χ1) is 12.0. The van der Waals surface area contributed by atoms with Crippen molar-refractivity contribution in [3.63, 3.8) is 0 Å². The Balaban J connectivity index is 2.31. The van der Waals surface area contributed by atoms with E-state index in [-0.39, 0.29) is 5.91 Å². The molecule has 0 fully saturated rings. The lowest BCUT2D eigenvalue weighted by Crippen LogP contribution is -2.15. The zero-order valence-electron chi connectivity index (χ0n) is 15.1. The van der Waals surface area contributed by atoms with Crippen LogP contribution in [0.15, 0.2) is 24.3 Å². The van der Waals surface area contributed by atoms with Gasteiger partial charge in [-0.3, -0.25) is 4.79 Å². The van der Waals surface area contributed by atoms with Gasteiger partial charge in [-0.15, -0.1) is 0 Å². The molecule has 2 rings (SSSR count). The van der Waals surface area contributed by atoms with Crippen LogP contribution in [0.4, 0.5) is 5.69 Å². The van der Waals surface area contributed by atoms with Gasteiger partial charge >= 0.3 is 5.97 Å². The third kappa shape index (κ3) is 4.02. The van der Waals surface area contributed by atoms with Crippen LogP contribution >= 0.6 is 0 Å². The fraction of sp³-hybridized carbons (Fsp3) is 0.368. The number of carbonyl (C=O) groups is 2. The molecule has 0 spiro atoms. The van der Waals surface area contributed by atoms with Crippen molar-refractivity contribution >= 4 is 17.6 Å². The lowest BCUT2D eigenvalue weighted by atomic mass is 10.1. The number of aromatic nitrogens is 1. The van der Waals surface area contributed by atoms with Crippen LogP contribution in [0, 0.1) is 6.92 Å². The molecule has 2 N–H and O–H groups in total. The van der Waals surface area contributed by atoms with Crippen molar-refractivity contribution < 1.29 is 19.1 Å². The normalized spacial score (nSPS) is 10.4. The largest absolute Gasteiger partial charge is 0.491 e. The number of methoxy groups -OCH3 is 1. The van der Waals surface area contributed by atoms with Crippen LogP contribution in [0.1, 0.15) is 52.4 Å². The minimum Gasteiger partial charge on any atom is -0.491 e. The van der Waals surface area contributed by atoms with E-state index in [9.17, 15) is 9.59 Å². The fourth-order valence-corrected chi connectivity index (χ4v) is 2.62. The number of rotatable bonds is 7. The first kappa shape index (κ1) is 18.6. The molecule has 1 aromatic carbocycles. The standard InChI is InChI=1S/C19H24N2O4/c1-5-11-25-15-10-8-7-9-14(15)21-18(22)17-12(3)16(19(23)24-4)13(6-2)20-17/h7-10,20H,5-6,11H2,1-4H3,(H,21,22). The number of benzene rings is 1. The van der Waals surface area contributed by atoms with Gasteiger partial charge in [-0.2, -0.15) is 0 Å². The van der Waals surface area contributed by atoms with E-state index in [1.807, 2.05) is 32.0 Å². The number of anilines is 1. The van der Waals surface area contributed by atoms with Crippen LogP contribution in [0.3, 0.4) is 0 Å². The van der Waals surface area contributed by atoms with E-state index in [1.54, 1.807) is 13.0 Å². The summed E-state index contributed by atoms with van der Waals surface area (Å²) in [6.45, 7) is 6.23. The number of hydrogen-bond acceptors (Lipinski definition) is 4. The molecular formula is C19H24N2O4. The van der Waals surface area contributed by atoms with E-state index in [0.29, 0.717) is 47.0 Å². The van der Waals surface area contributed by atoms with E-state index < -0.39 is 5.97 Å². The van der Waals surface area contributed by atoms with Crippen molar-refractivity contribution in [2.75, 3.05) is 19.0 Å². The Morgan fingerprint density at radius 1 is 1.20 bits per heavy atom. The molecule has 6 nitrogen and oxygen atoms in total. The molecule has 0 aliphatic rings. The summed E-state index contributed by atoms with van der Waals surface area (Å²) >= 11 is 0. The number of para-hydroxylation sites is 2. The molecule has 0 aliphatic heterocycles. The molecule has 2 aromatic rings. The van der Waals surface area contributed by atoms with Gasteiger partial charge in [0, 0.05) is 5.69 Å². The Kier molecular flexibility index (Phi) is 6.22. The highest BCUT2D eigenvalue weighted by Crippen LogP contribution is 2.26. The van der Waals surface area contributed by atoms with Crippen LogP contribution in [0.5, 0.6) is 5.75 Å². The van der Waals surface area contributed by atoms with Gasteiger partial charge in [0.25, 0.3) is 5.91 Å². The van der Waals surface area contributed by atoms with Crippen molar-refractivity contribution in [2.45, 2.75) is 33.6 Å². The second kappa shape index (κ2) is 8.37. The van der Waals surface area contributed by atoms with E-state index in [1.165, 1.54) is 7.11 Å². The number of amides is 1. The Bertz CT molecular complexity index is 765. The van der Waals surface area contributed by atoms with Crippen LogP contribution in [0.25, 0.3) is 0 Å². The van der Waals surface area contributed by atoms with Crippen molar-refractivity contribution in [3.05, 3.63) is 46.8 Å². The van der Waals surface area contributed by atoms with E-state index in [4.69, 9.17) is 9.47 Å². The Morgan fingerprint density at radius 3 is 2.56 bits per heavy atom. The monoisotopic (exact) mass is 344 g/mol. The first-order valence-corrected chi connectivity index (χ1v) is 8.36. The topological polar surface area (TPSA) is 80.4 Å². The molecule has 0 saturated carbocycles. The second-order valence-corrected chi connectivity index (χ2v) is 5.62. The first-order valence-electron chi connectivity index (χ1n) is 8.36. The molecule has 6 heteroatoms. The molecule has 134 valence electrons.